The van der Waals surface area contributed by atoms with Gasteiger partial charge in [0.2, 0.25) is 6.08 Å². The lowest BCUT2D eigenvalue weighted by atomic mass is 10.2. The number of rotatable bonds is 1. The van der Waals surface area contributed by atoms with E-state index in [4.69, 9.17) is 0 Å². The molecule has 0 spiro atoms. The number of nitrogens with zero attached hydrogens (tertiary/aromatic N) is 1. The maximum atomic E-state index is 9.75. The number of carbonyl (C=O) groups excluding carboxylic acids is 1. The molecule has 1 radical (unpaired) electrons. The van der Waals surface area contributed by atoms with Gasteiger partial charge >= 0.3 is 0 Å². The van der Waals surface area contributed by atoms with Crippen molar-refractivity contribution in [3.63, 3.8) is 0 Å². The Labute approximate surface area is 59.2 Å². The second-order valence-electron chi connectivity index (χ2n) is 1.95. The summed E-state index contributed by atoms with van der Waals surface area (Å²) < 4.78 is 0. The van der Waals surface area contributed by atoms with Crippen molar-refractivity contribution in [3.8, 4) is 0 Å². The molecule has 0 amide bonds. The molecule has 0 aliphatic rings. The Morgan fingerprint density at radius 1 is 1.60 bits per heavy atom. The standard InChI is InChI=1S/C8H6NO/c1-7-2-4-8(5-3-7)9-6-10/h2-4H,1H3. The van der Waals surface area contributed by atoms with Crippen LogP contribution in [0.1, 0.15) is 5.56 Å². The lowest BCUT2D eigenvalue weighted by molar-refractivity contribution is 0.565. The molecule has 0 aromatic heterocycles. The number of hydrogen-bond acceptors (Lipinski definition) is 2. The first-order valence-corrected chi connectivity index (χ1v) is 2.89. The molecule has 2 nitrogen and oxygen atoms in total. The summed E-state index contributed by atoms with van der Waals surface area (Å²) in [5, 5.41) is 0. The van der Waals surface area contributed by atoms with Gasteiger partial charge in [0, 0.05) is 6.07 Å². The van der Waals surface area contributed by atoms with Crippen molar-refractivity contribution in [2.24, 2.45) is 4.99 Å². The average Bonchev–Trinajstić information content (AvgIpc) is 1.95. The zero-order chi connectivity index (χ0) is 7.40. The van der Waals surface area contributed by atoms with Gasteiger partial charge in [-0.1, -0.05) is 11.6 Å². The number of aryl methyl sites for hydroxylation is 1. The maximum Gasteiger partial charge on any atom is 0.240 e. The fourth-order valence-corrected chi connectivity index (χ4v) is 0.613. The molecular formula is C8H6NO. The molecule has 0 saturated carbocycles. The molecule has 0 unspecified atom stereocenters. The third-order valence-electron chi connectivity index (χ3n) is 1.12. The van der Waals surface area contributed by atoms with Crippen molar-refractivity contribution in [3.05, 3.63) is 29.8 Å². The predicted molar refractivity (Wildman–Crippen MR) is 37.8 cm³/mol. The smallest absolute Gasteiger partial charge is 0.211 e. The van der Waals surface area contributed by atoms with Gasteiger partial charge < -0.3 is 0 Å². The van der Waals surface area contributed by atoms with Gasteiger partial charge in [0.25, 0.3) is 0 Å². The number of isocyanates is 1. The van der Waals surface area contributed by atoms with Crippen molar-refractivity contribution in [2.75, 3.05) is 0 Å². The summed E-state index contributed by atoms with van der Waals surface area (Å²) >= 11 is 0. The first-order valence-electron chi connectivity index (χ1n) is 2.89. The van der Waals surface area contributed by atoms with E-state index in [0.29, 0.717) is 5.69 Å². The molecule has 1 aromatic rings. The highest BCUT2D eigenvalue weighted by molar-refractivity contribution is 5.48. The Balaban J connectivity index is 3.00. The molecule has 0 saturated heterocycles. The normalized spacial score (nSPS) is 8.50. The monoisotopic (exact) mass is 132 g/mol. The molecule has 0 fully saturated rings. The van der Waals surface area contributed by atoms with Gasteiger partial charge in [0.05, 0.1) is 5.69 Å². The highest BCUT2D eigenvalue weighted by Crippen LogP contribution is 2.09. The summed E-state index contributed by atoms with van der Waals surface area (Å²) in [6.07, 6.45) is 1.45. The number of hydrogen-bond donors (Lipinski definition) is 0. The van der Waals surface area contributed by atoms with Gasteiger partial charge in [-0.15, -0.1) is 0 Å². The van der Waals surface area contributed by atoms with E-state index in [2.05, 4.69) is 11.1 Å². The minimum Gasteiger partial charge on any atom is -0.211 e. The third-order valence-corrected chi connectivity index (χ3v) is 1.12. The average molecular weight is 132 g/mol. The lowest BCUT2D eigenvalue weighted by Crippen LogP contribution is -1.68. The summed E-state index contributed by atoms with van der Waals surface area (Å²) in [4.78, 5) is 13.1. The van der Waals surface area contributed by atoms with E-state index in [0.717, 1.165) is 5.56 Å². The molecule has 2 heteroatoms. The van der Waals surface area contributed by atoms with Gasteiger partial charge in [-0.25, -0.2) is 4.79 Å². The zero-order valence-corrected chi connectivity index (χ0v) is 5.59. The SMILES string of the molecule is Cc1c[c]c(N=C=O)cc1. The maximum absolute atomic E-state index is 9.75. The predicted octanol–water partition coefficient (Wildman–Crippen LogP) is 1.76. The Morgan fingerprint density at radius 3 is 2.90 bits per heavy atom. The minimum atomic E-state index is 0.528. The van der Waals surface area contributed by atoms with Crippen LogP contribution in [-0.4, -0.2) is 6.08 Å². The van der Waals surface area contributed by atoms with Crippen LogP contribution in [0.5, 0.6) is 0 Å². The van der Waals surface area contributed by atoms with Crippen LogP contribution in [0, 0.1) is 13.0 Å². The highest BCUT2D eigenvalue weighted by atomic mass is 16.1. The summed E-state index contributed by atoms with van der Waals surface area (Å²) in [7, 11) is 0. The molecule has 0 aliphatic carbocycles. The Kier molecular flexibility index (Phi) is 1.98. The Hall–Kier alpha value is -1.40. The van der Waals surface area contributed by atoms with E-state index in [1.807, 2.05) is 13.0 Å². The fraction of sp³-hybridized carbons (Fsp3) is 0.125. The van der Waals surface area contributed by atoms with Crippen LogP contribution >= 0.6 is 0 Å². The highest BCUT2D eigenvalue weighted by Gasteiger charge is 1.86. The molecule has 1 rings (SSSR count). The number of benzene rings is 1. The molecule has 0 aliphatic heterocycles. The summed E-state index contributed by atoms with van der Waals surface area (Å²) in [6, 6.07) is 8.17. The van der Waals surface area contributed by atoms with Crippen molar-refractivity contribution < 1.29 is 4.79 Å². The first kappa shape index (κ1) is 6.72. The Bertz CT molecular complexity index is 257. The topological polar surface area (TPSA) is 29.4 Å². The third kappa shape index (κ3) is 1.54. The van der Waals surface area contributed by atoms with E-state index in [1.54, 1.807) is 12.1 Å². The quantitative estimate of drug-likeness (QED) is 0.423. The molecule has 1 aromatic carbocycles. The van der Waals surface area contributed by atoms with E-state index in [9.17, 15) is 4.79 Å². The zero-order valence-electron chi connectivity index (χ0n) is 5.59. The molecular weight excluding hydrogens is 126 g/mol. The first-order chi connectivity index (χ1) is 4.83. The van der Waals surface area contributed by atoms with Crippen LogP contribution in [0.25, 0.3) is 0 Å². The molecule has 0 bridgehead atoms. The minimum absolute atomic E-state index is 0.528. The van der Waals surface area contributed by atoms with Crippen LogP contribution in [0.3, 0.4) is 0 Å². The molecule has 49 valence electrons. The molecule has 0 N–H and O–H groups in total. The van der Waals surface area contributed by atoms with Crippen molar-refractivity contribution >= 4 is 11.8 Å². The van der Waals surface area contributed by atoms with Crippen LogP contribution < -0.4 is 0 Å². The van der Waals surface area contributed by atoms with Crippen molar-refractivity contribution in [1.29, 1.82) is 0 Å². The van der Waals surface area contributed by atoms with Crippen LogP contribution in [0.15, 0.2) is 23.2 Å². The van der Waals surface area contributed by atoms with E-state index in [-0.39, 0.29) is 0 Å². The summed E-state index contributed by atoms with van der Waals surface area (Å²) in [5.74, 6) is 0. The summed E-state index contributed by atoms with van der Waals surface area (Å²) in [5.41, 5.74) is 1.63. The molecule has 0 heterocycles. The Morgan fingerprint density at radius 2 is 2.40 bits per heavy atom. The van der Waals surface area contributed by atoms with E-state index in [1.165, 1.54) is 6.08 Å². The second kappa shape index (κ2) is 2.95. The van der Waals surface area contributed by atoms with Gasteiger partial charge in [0.15, 0.2) is 0 Å². The molecule has 10 heavy (non-hydrogen) atoms. The number of aliphatic imine (C=N–C) groups is 1. The van der Waals surface area contributed by atoms with Crippen LogP contribution in [0.2, 0.25) is 0 Å². The summed E-state index contributed by atoms with van der Waals surface area (Å²) in [6.45, 7) is 1.95. The van der Waals surface area contributed by atoms with Gasteiger partial charge in [-0.3, -0.25) is 0 Å². The van der Waals surface area contributed by atoms with Gasteiger partial charge in [-0.05, 0) is 19.1 Å². The van der Waals surface area contributed by atoms with E-state index >= 15 is 0 Å². The lowest BCUT2D eigenvalue weighted by Gasteiger charge is -1.88. The molecule has 0 atom stereocenters. The largest absolute Gasteiger partial charge is 0.240 e. The second-order valence-corrected chi connectivity index (χ2v) is 1.95. The fourth-order valence-electron chi connectivity index (χ4n) is 0.613. The van der Waals surface area contributed by atoms with Crippen molar-refractivity contribution in [1.82, 2.24) is 0 Å². The van der Waals surface area contributed by atoms with Gasteiger partial charge in [0.1, 0.15) is 0 Å². The van der Waals surface area contributed by atoms with E-state index < -0.39 is 0 Å². The van der Waals surface area contributed by atoms with Crippen molar-refractivity contribution in [2.45, 2.75) is 6.92 Å². The van der Waals surface area contributed by atoms with Crippen LogP contribution in [-0.2, 0) is 4.79 Å². The van der Waals surface area contributed by atoms with Gasteiger partial charge in [-0.2, -0.15) is 4.99 Å². The van der Waals surface area contributed by atoms with Crippen LogP contribution in [0.4, 0.5) is 5.69 Å².